The molecule has 0 spiro atoms. The van der Waals surface area contributed by atoms with E-state index in [0.29, 0.717) is 29.9 Å². The first kappa shape index (κ1) is 28.7. The Kier molecular flexibility index (Phi) is 9.83. The molecule has 0 unspecified atom stereocenters. The first-order valence-corrected chi connectivity index (χ1v) is 12.7. The van der Waals surface area contributed by atoms with E-state index in [4.69, 9.17) is 9.47 Å². The molecule has 0 heterocycles. The van der Waals surface area contributed by atoms with E-state index in [1.807, 2.05) is 65.9 Å². The minimum Gasteiger partial charge on any atom is -0.460 e. The molecule has 35 heavy (non-hydrogen) atoms. The molecule has 0 saturated heterocycles. The average Bonchev–Trinajstić information content (AvgIpc) is 2.73. The first-order valence-electron chi connectivity index (χ1n) is 11.8. The molecule has 0 fully saturated rings. The van der Waals surface area contributed by atoms with Crippen LogP contribution in [-0.4, -0.2) is 18.6 Å². The second-order valence-corrected chi connectivity index (χ2v) is 12.1. The van der Waals surface area contributed by atoms with E-state index in [1.165, 1.54) is 18.0 Å². The van der Waals surface area contributed by atoms with Crippen LogP contribution < -0.4 is 9.46 Å². The van der Waals surface area contributed by atoms with E-state index in [0.717, 1.165) is 11.3 Å². The lowest BCUT2D eigenvalue weighted by atomic mass is 9.73. The number of hydrogen-bond acceptors (Lipinski definition) is 5. The van der Waals surface area contributed by atoms with Crippen molar-refractivity contribution in [3.63, 3.8) is 0 Å². The molecule has 0 radical (unpaired) electrons. The van der Waals surface area contributed by atoms with Crippen molar-refractivity contribution < 1.29 is 18.7 Å². The highest BCUT2D eigenvalue weighted by Gasteiger charge is 2.37. The van der Waals surface area contributed by atoms with Gasteiger partial charge in [-0.05, 0) is 114 Å². The van der Waals surface area contributed by atoms with E-state index in [-0.39, 0.29) is 17.2 Å². The third kappa shape index (κ3) is 9.95. The Hall–Kier alpha value is -2.49. The van der Waals surface area contributed by atoms with Gasteiger partial charge in [0.15, 0.2) is 0 Å². The van der Waals surface area contributed by atoms with Gasteiger partial charge in [0.25, 0.3) is 0 Å². The van der Waals surface area contributed by atoms with Crippen molar-refractivity contribution >= 4 is 17.9 Å². The van der Waals surface area contributed by atoms with Gasteiger partial charge in [0.2, 0.25) is 0 Å². The molecule has 1 N–H and O–H groups in total. The normalized spacial score (nSPS) is 12.0. The van der Waals surface area contributed by atoms with E-state index >= 15 is 0 Å². The Bertz CT molecular complexity index is 1060. The van der Waals surface area contributed by atoms with Gasteiger partial charge in [-0.3, -0.25) is 9.52 Å². The highest BCUT2D eigenvalue weighted by atomic mass is 32.2. The molecular formula is C29H38FNO3S. The Morgan fingerprint density at radius 2 is 1.63 bits per heavy atom. The summed E-state index contributed by atoms with van der Waals surface area (Å²) in [6, 6.07) is 12.2. The van der Waals surface area contributed by atoms with Crippen molar-refractivity contribution in [1.82, 2.24) is 4.72 Å². The molecule has 0 aliphatic rings. The molecule has 6 heteroatoms. The van der Waals surface area contributed by atoms with Gasteiger partial charge in [0.05, 0.1) is 11.0 Å². The number of carbonyl (C=O) groups excluding carboxylic acids is 1. The summed E-state index contributed by atoms with van der Waals surface area (Å²) >= 11 is 1.52. The molecule has 0 aliphatic heterocycles. The van der Waals surface area contributed by atoms with Gasteiger partial charge in [0, 0.05) is 11.3 Å². The van der Waals surface area contributed by atoms with Gasteiger partial charge < -0.3 is 9.47 Å². The summed E-state index contributed by atoms with van der Waals surface area (Å²) < 4.78 is 28.8. The first-order chi connectivity index (χ1) is 16.2. The van der Waals surface area contributed by atoms with Crippen molar-refractivity contribution in [2.24, 2.45) is 10.8 Å². The predicted molar refractivity (Wildman–Crippen MR) is 142 cm³/mol. The van der Waals surface area contributed by atoms with Crippen LogP contribution in [-0.2, 0) is 9.53 Å². The highest BCUT2D eigenvalue weighted by Crippen LogP contribution is 2.38. The third-order valence-corrected chi connectivity index (χ3v) is 5.95. The summed E-state index contributed by atoms with van der Waals surface area (Å²) in [6.45, 7) is 13.7. The zero-order valence-corrected chi connectivity index (χ0v) is 23.0. The molecular weight excluding hydrogens is 461 g/mol. The van der Waals surface area contributed by atoms with Crippen LogP contribution in [0.15, 0.2) is 47.4 Å². The molecule has 0 atom stereocenters. The van der Waals surface area contributed by atoms with Crippen molar-refractivity contribution in [2.75, 3.05) is 7.05 Å². The maximum Gasteiger partial charge on any atom is 0.312 e. The van der Waals surface area contributed by atoms with E-state index in [9.17, 15) is 9.18 Å². The Morgan fingerprint density at radius 1 is 1.00 bits per heavy atom. The molecule has 4 nitrogen and oxygen atoms in total. The Morgan fingerprint density at radius 3 is 2.23 bits per heavy atom. The number of rotatable bonds is 9. The number of nitrogens with one attached hydrogen (secondary N) is 1. The summed E-state index contributed by atoms with van der Waals surface area (Å²) in [5, 5.41) is 0. The zero-order valence-electron chi connectivity index (χ0n) is 22.2. The van der Waals surface area contributed by atoms with Gasteiger partial charge in [-0.2, -0.15) is 0 Å². The Labute approximate surface area is 214 Å². The molecule has 0 saturated carbocycles. The summed E-state index contributed by atoms with van der Waals surface area (Å²) in [5.41, 5.74) is -0.944. The van der Waals surface area contributed by atoms with Crippen LogP contribution in [0.2, 0.25) is 0 Å². The maximum atomic E-state index is 14.3. The smallest absolute Gasteiger partial charge is 0.312 e. The SMILES string of the molecule is CNSc1ccc(Oc2ccc(F)c(C#CCCC(C)(C)CC(C)(C)C(=O)OC(C)(C)C)c2)cc1. The number of hydrogen-bond donors (Lipinski definition) is 1. The summed E-state index contributed by atoms with van der Waals surface area (Å²) in [4.78, 5) is 13.7. The fraction of sp³-hybridized carbons (Fsp3) is 0.483. The lowest BCUT2D eigenvalue weighted by molar-refractivity contribution is -0.167. The quantitative estimate of drug-likeness (QED) is 0.217. The fourth-order valence-electron chi connectivity index (χ4n) is 3.83. The average molecular weight is 500 g/mol. The van der Waals surface area contributed by atoms with Gasteiger partial charge in [-0.15, -0.1) is 0 Å². The number of ether oxygens (including phenoxy) is 2. The largest absolute Gasteiger partial charge is 0.460 e. The molecule has 2 aromatic carbocycles. The molecule has 190 valence electrons. The van der Waals surface area contributed by atoms with Gasteiger partial charge in [-0.25, -0.2) is 4.39 Å². The van der Waals surface area contributed by atoms with Crippen LogP contribution in [0, 0.1) is 28.5 Å². The lowest BCUT2D eigenvalue weighted by Gasteiger charge is -2.35. The minimum atomic E-state index is -0.605. The van der Waals surface area contributed by atoms with Gasteiger partial charge in [-0.1, -0.05) is 25.7 Å². The summed E-state index contributed by atoms with van der Waals surface area (Å²) in [7, 11) is 1.86. The topological polar surface area (TPSA) is 47.6 Å². The molecule has 0 aliphatic carbocycles. The third-order valence-electron chi connectivity index (χ3n) is 5.24. The highest BCUT2D eigenvalue weighted by molar-refractivity contribution is 7.97. The zero-order chi connectivity index (χ0) is 26.3. The Balaban J connectivity index is 1.99. The van der Waals surface area contributed by atoms with Gasteiger partial charge in [0.1, 0.15) is 22.9 Å². The fourth-order valence-corrected chi connectivity index (χ4v) is 4.33. The van der Waals surface area contributed by atoms with Crippen molar-refractivity contribution in [1.29, 1.82) is 0 Å². The molecule has 0 bridgehead atoms. The van der Waals surface area contributed by atoms with Crippen LogP contribution in [0.25, 0.3) is 0 Å². The van der Waals surface area contributed by atoms with Crippen LogP contribution in [0.3, 0.4) is 0 Å². The second-order valence-electron chi connectivity index (χ2n) is 11.0. The molecule has 2 aromatic rings. The van der Waals surface area contributed by atoms with Crippen molar-refractivity contribution in [3.8, 4) is 23.3 Å². The molecule has 2 rings (SSSR count). The second kappa shape index (κ2) is 12.0. The molecule has 0 aromatic heterocycles. The predicted octanol–water partition coefficient (Wildman–Crippen LogP) is 7.76. The van der Waals surface area contributed by atoms with Crippen LogP contribution >= 0.6 is 11.9 Å². The van der Waals surface area contributed by atoms with Crippen LogP contribution in [0.4, 0.5) is 4.39 Å². The van der Waals surface area contributed by atoms with Crippen molar-refractivity contribution in [2.45, 2.75) is 78.2 Å². The lowest BCUT2D eigenvalue weighted by Crippen LogP contribution is -2.36. The number of carbonyl (C=O) groups is 1. The van der Waals surface area contributed by atoms with Crippen molar-refractivity contribution in [3.05, 3.63) is 53.8 Å². The molecule has 0 amide bonds. The van der Waals surface area contributed by atoms with Crippen LogP contribution in [0.1, 0.15) is 73.3 Å². The minimum absolute atomic E-state index is 0.129. The number of halogens is 1. The maximum absolute atomic E-state index is 14.3. The summed E-state index contributed by atoms with van der Waals surface area (Å²) in [5.74, 6) is 6.67. The van der Waals surface area contributed by atoms with E-state index < -0.39 is 11.0 Å². The standard InChI is InChI=1S/C29H38FNO3S/c1-27(2,3)34-26(32)29(6,7)20-28(4,5)18-10-9-11-21-19-23(14-17-25(21)30)33-22-12-15-24(16-13-22)35-31-8/h12-17,19,31H,10,18,20H2,1-8H3. The number of benzene rings is 2. The van der Waals surface area contributed by atoms with Gasteiger partial charge >= 0.3 is 5.97 Å². The van der Waals surface area contributed by atoms with Crippen LogP contribution in [0.5, 0.6) is 11.5 Å². The number of esters is 1. The monoisotopic (exact) mass is 499 g/mol. The summed E-state index contributed by atoms with van der Waals surface area (Å²) in [6.07, 6.45) is 2.04. The van der Waals surface area contributed by atoms with E-state index in [2.05, 4.69) is 30.4 Å². The van der Waals surface area contributed by atoms with E-state index in [1.54, 1.807) is 12.1 Å².